The summed E-state index contributed by atoms with van der Waals surface area (Å²) in [5, 5.41) is 3.31. The minimum Gasteiger partial charge on any atom is -0.493 e. The molecule has 1 saturated heterocycles. The van der Waals surface area contributed by atoms with E-state index in [1.54, 1.807) is 14.2 Å². The number of nitrogens with one attached hydrogen (secondary N) is 1. The lowest BCUT2D eigenvalue weighted by molar-refractivity contribution is 0.138. The van der Waals surface area contributed by atoms with E-state index in [0.29, 0.717) is 13.2 Å². The van der Waals surface area contributed by atoms with Gasteiger partial charge < -0.3 is 24.3 Å². The molecule has 2 rings (SSSR count). The highest BCUT2D eigenvalue weighted by Gasteiger charge is 2.21. The Hall–Kier alpha value is -0.820. The zero-order valence-electron chi connectivity index (χ0n) is 12.5. The van der Waals surface area contributed by atoms with E-state index in [2.05, 4.69) is 21.2 Å². The summed E-state index contributed by atoms with van der Waals surface area (Å²) in [5.41, 5.74) is 1.13. The lowest BCUT2D eigenvalue weighted by Crippen LogP contribution is -2.19. The highest BCUT2D eigenvalue weighted by atomic mass is 79.9. The second-order valence-corrected chi connectivity index (χ2v) is 5.74. The molecule has 1 fully saturated rings. The summed E-state index contributed by atoms with van der Waals surface area (Å²) in [6, 6.07) is 4.04. The summed E-state index contributed by atoms with van der Waals surface area (Å²) in [6.07, 6.45) is 1.01. The first-order valence-electron chi connectivity index (χ1n) is 7.05. The van der Waals surface area contributed by atoms with Gasteiger partial charge in [-0.15, -0.1) is 0 Å². The fourth-order valence-corrected chi connectivity index (χ4v) is 2.75. The van der Waals surface area contributed by atoms with Crippen LogP contribution < -0.4 is 14.8 Å². The summed E-state index contributed by atoms with van der Waals surface area (Å²) in [4.78, 5) is 0. The molecule has 0 radical (unpaired) electrons. The number of hydrogen-bond donors (Lipinski definition) is 1. The Morgan fingerprint density at radius 2 is 2.24 bits per heavy atom. The summed E-state index contributed by atoms with van der Waals surface area (Å²) in [6.45, 7) is 3.66. The van der Waals surface area contributed by atoms with Crippen molar-refractivity contribution in [1.82, 2.24) is 5.32 Å². The van der Waals surface area contributed by atoms with Crippen LogP contribution >= 0.6 is 15.9 Å². The fourth-order valence-electron chi connectivity index (χ4n) is 2.17. The van der Waals surface area contributed by atoms with Gasteiger partial charge in [-0.1, -0.05) is 0 Å². The van der Waals surface area contributed by atoms with Crippen LogP contribution in [0.1, 0.15) is 12.0 Å². The third-order valence-electron chi connectivity index (χ3n) is 3.27. The topological polar surface area (TPSA) is 49.0 Å². The smallest absolute Gasteiger partial charge is 0.175 e. The van der Waals surface area contributed by atoms with Gasteiger partial charge in [0.15, 0.2) is 11.5 Å². The van der Waals surface area contributed by atoms with Crippen molar-refractivity contribution in [2.45, 2.75) is 19.1 Å². The Balaban J connectivity index is 2.03. The van der Waals surface area contributed by atoms with Crippen LogP contribution in [0, 0.1) is 0 Å². The second kappa shape index (κ2) is 8.58. The van der Waals surface area contributed by atoms with E-state index in [-0.39, 0.29) is 6.10 Å². The molecule has 1 aliphatic heterocycles. The van der Waals surface area contributed by atoms with Gasteiger partial charge in [-0.3, -0.25) is 0 Å². The predicted octanol–water partition coefficient (Wildman–Crippen LogP) is 2.36. The highest BCUT2D eigenvalue weighted by molar-refractivity contribution is 9.10. The number of halogens is 1. The Labute approximate surface area is 134 Å². The monoisotopic (exact) mass is 359 g/mol. The summed E-state index contributed by atoms with van der Waals surface area (Å²) in [5.74, 6) is 1.48. The van der Waals surface area contributed by atoms with E-state index in [9.17, 15) is 0 Å². The molecule has 1 N–H and O–H groups in total. The number of ether oxygens (including phenoxy) is 4. The maximum atomic E-state index is 5.99. The van der Waals surface area contributed by atoms with E-state index in [1.807, 2.05) is 12.1 Å². The van der Waals surface area contributed by atoms with Gasteiger partial charge in [0, 0.05) is 26.6 Å². The molecule has 21 heavy (non-hydrogen) atoms. The van der Waals surface area contributed by atoms with Crippen LogP contribution in [0.4, 0.5) is 0 Å². The standard InChI is InChI=1S/C15H22BrNO4/c1-18-6-4-17-9-11-7-13(16)15(14(8-11)19-2)21-12-3-5-20-10-12/h7-8,12,17H,3-6,9-10H2,1-2H3. The largest absolute Gasteiger partial charge is 0.493 e. The normalized spacial score (nSPS) is 18.0. The summed E-state index contributed by atoms with van der Waals surface area (Å²) < 4.78 is 22.7. The lowest BCUT2D eigenvalue weighted by Gasteiger charge is -2.17. The maximum Gasteiger partial charge on any atom is 0.175 e. The van der Waals surface area contributed by atoms with Gasteiger partial charge >= 0.3 is 0 Å². The molecular weight excluding hydrogens is 338 g/mol. The van der Waals surface area contributed by atoms with Gasteiger partial charge in [-0.2, -0.15) is 0 Å². The molecule has 0 bridgehead atoms. The molecule has 0 aromatic heterocycles. The quantitative estimate of drug-likeness (QED) is 0.722. The van der Waals surface area contributed by atoms with Crippen LogP contribution in [0.25, 0.3) is 0 Å². The molecule has 118 valence electrons. The molecule has 1 aromatic carbocycles. The maximum absolute atomic E-state index is 5.99. The Morgan fingerprint density at radius 1 is 1.38 bits per heavy atom. The van der Waals surface area contributed by atoms with Gasteiger partial charge in [0.2, 0.25) is 0 Å². The molecule has 1 aromatic rings. The second-order valence-electron chi connectivity index (χ2n) is 4.88. The number of hydrogen-bond acceptors (Lipinski definition) is 5. The molecular formula is C15H22BrNO4. The highest BCUT2D eigenvalue weighted by Crippen LogP contribution is 2.38. The molecule has 1 aliphatic rings. The molecule has 6 heteroatoms. The molecule has 5 nitrogen and oxygen atoms in total. The minimum absolute atomic E-state index is 0.0980. The van der Waals surface area contributed by atoms with E-state index in [4.69, 9.17) is 18.9 Å². The van der Waals surface area contributed by atoms with E-state index in [1.165, 1.54) is 0 Å². The third kappa shape index (κ3) is 4.85. The van der Waals surface area contributed by atoms with Crippen molar-refractivity contribution in [2.75, 3.05) is 40.6 Å². The van der Waals surface area contributed by atoms with Crippen LogP contribution in [0.5, 0.6) is 11.5 Å². The van der Waals surface area contributed by atoms with E-state index >= 15 is 0 Å². The average molecular weight is 360 g/mol. The first kappa shape index (κ1) is 16.5. The van der Waals surface area contributed by atoms with Crippen molar-refractivity contribution in [3.05, 3.63) is 22.2 Å². The molecule has 0 amide bonds. The number of benzene rings is 1. The van der Waals surface area contributed by atoms with Gasteiger partial charge in [0.1, 0.15) is 6.10 Å². The first-order chi connectivity index (χ1) is 10.2. The van der Waals surface area contributed by atoms with Crippen molar-refractivity contribution in [1.29, 1.82) is 0 Å². The summed E-state index contributed by atoms with van der Waals surface area (Å²) in [7, 11) is 3.35. The van der Waals surface area contributed by atoms with Crippen molar-refractivity contribution in [3.8, 4) is 11.5 Å². The average Bonchev–Trinajstić information content (AvgIpc) is 2.99. The molecule has 1 unspecified atom stereocenters. The van der Waals surface area contributed by atoms with Crippen molar-refractivity contribution >= 4 is 15.9 Å². The van der Waals surface area contributed by atoms with Crippen LogP contribution in [0.2, 0.25) is 0 Å². The first-order valence-corrected chi connectivity index (χ1v) is 7.84. The molecule has 1 heterocycles. The van der Waals surface area contributed by atoms with Crippen molar-refractivity contribution in [2.24, 2.45) is 0 Å². The zero-order chi connectivity index (χ0) is 15.1. The van der Waals surface area contributed by atoms with Gasteiger partial charge in [0.25, 0.3) is 0 Å². The van der Waals surface area contributed by atoms with Gasteiger partial charge in [-0.25, -0.2) is 0 Å². The van der Waals surface area contributed by atoms with Crippen LogP contribution in [-0.4, -0.2) is 46.7 Å². The minimum atomic E-state index is 0.0980. The van der Waals surface area contributed by atoms with Gasteiger partial charge in [-0.05, 0) is 33.6 Å². The van der Waals surface area contributed by atoms with E-state index < -0.39 is 0 Å². The molecule has 0 spiro atoms. The molecule has 0 aliphatic carbocycles. The van der Waals surface area contributed by atoms with Crippen LogP contribution in [0.15, 0.2) is 16.6 Å². The number of rotatable bonds is 8. The zero-order valence-corrected chi connectivity index (χ0v) is 14.1. The van der Waals surface area contributed by atoms with Gasteiger partial charge in [0.05, 0.1) is 31.4 Å². The van der Waals surface area contributed by atoms with Crippen LogP contribution in [0.3, 0.4) is 0 Å². The Kier molecular flexibility index (Phi) is 6.76. The summed E-state index contributed by atoms with van der Waals surface area (Å²) >= 11 is 3.57. The third-order valence-corrected chi connectivity index (χ3v) is 3.86. The van der Waals surface area contributed by atoms with Crippen molar-refractivity contribution < 1.29 is 18.9 Å². The Morgan fingerprint density at radius 3 is 2.90 bits per heavy atom. The molecule has 1 atom stereocenters. The fraction of sp³-hybridized carbons (Fsp3) is 0.600. The predicted molar refractivity (Wildman–Crippen MR) is 84.1 cm³/mol. The lowest BCUT2D eigenvalue weighted by atomic mass is 10.2. The van der Waals surface area contributed by atoms with Crippen molar-refractivity contribution in [3.63, 3.8) is 0 Å². The number of methoxy groups -OCH3 is 2. The van der Waals surface area contributed by atoms with Crippen LogP contribution in [-0.2, 0) is 16.0 Å². The molecule has 0 saturated carbocycles. The SMILES string of the molecule is COCCNCc1cc(Br)c(OC2CCOC2)c(OC)c1. The van der Waals surface area contributed by atoms with E-state index in [0.717, 1.165) is 47.7 Å². The Bertz CT molecular complexity index is 450.